The predicted octanol–water partition coefficient (Wildman–Crippen LogP) is 0.869. The van der Waals surface area contributed by atoms with E-state index in [0.29, 0.717) is 17.9 Å². The average molecular weight is 238 g/mol. The third-order valence-corrected chi connectivity index (χ3v) is 2.86. The van der Waals surface area contributed by atoms with Crippen molar-refractivity contribution in [1.82, 2.24) is 0 Å². The Bertz CT molecular complexity index is 420. The van der Waals surface area contributed by atoms with Crippen LogP contribution in [0.4, 0.5) is 5.69 Å². The first-order valence-corrected chi connectivity index (χ1v) is 5.29. The van der Waals surface area contributed by atoms with Gasteiger partial charge in [0.05, 0.1) is 18.2 Å². The Kier molecular flexibility index (Phi) is 3.96. The van der Waals surface area contributed by atoms with Crippen molar-refractivity contribution in [3.05, 3.63) is 23.8 Å². The highest BCUT2D eigenvalue weighted by Crippen LogP contribution is 2.27. The van der Waals surface area contributed by atoms with Gasteiger partial charge in [-0.3, -0.25) is 4.79 Å². The summed E-state index contributed by atoms with van der Waals surface area (Å²) in [5.74, 6) is -0.326. The molecule has 0 aliphatic carbocycles. The van der Waals surface area contributed by atoms with Crippen molar-refractivity contribution in [1.29, 1.82) is 0 Å². The van der Waals surface area contributed by atoms with E-state index in [1.165, 1.54) is 7.11 Å². The molecule has 0 aliphatic rings. The van der Waals surface area contributed by atoms with Crippen molar-refractivity contribution in [3.8, 4) is 5.75 Å². The van der Waals surface area contributed by atoms with Gasteiger partial charge in [0.1, 0.15) is 5.75 Å². The minimum Gasteiger partial charge on any atom is -0.495 e. The van der Waals surface area contributed by atoms with Gasteiger partial charge in [0, 0.05) is 6.54 Å². The summed E-state index contributed by atoms with van der Waals surface area (Å²) >= 11 is 0. The summed E-state index contributed by atoms with van der Waals surface area (Å²) in [6.07, 6.45) is 0.340. The zero-order valence-corrected chi connectivity index (χ0v) is 10.1. The summed E-state index contributed by atoms with van der Waals surface area (Å²) < 4.78 is 5.04. The van der Waals surface area contributed by atoms with E-state index in [9.17, 15) is 4.79 Å². The van der Waals surface area contributed by atoms with Gasteiger partial charge in [-0.2, -0.15) is 0 Å². The fourth-order valence-corrected chi connectivity index (χ4v) is 1.58. The third-order valence-electron chi connectivity index (χ3n) is 2.86. The van der Waals surface area contributed by atoms with Gasteiger partial charge in [-0.1, -0.05) is 6.07 Å². The molecule has 0 heterocycles. The van der Waals surface area contributed by atoms with Gasteiger partial charge in [0.15, 0.2) is 0 Å². The molecular weight excluding hydrogens is 220 g/mol. The molecule has 0 bridgehead atoms. The number of hydrogen-bond donors (Lipinski definition) is 3. The summed E-state index contributed by atoms with van der Waals surface area (Å²) in [6, 6.07) is 5.24. The molecule has 0 spiro atoms. The summed E-state index contributed by atoms with van der Waals surface area (Å²) in [6.45, 7) is 1.70. The number of rotatable bonds is 5. The molecule has 1 unspecified atom stereocenters. The Labute approximate surface area is 100 Å². The van der Waals surface area contributed by atoms with Crippen LogP contribution < -0.4 is 16.2 Å². The van der Waals surface area contributed by atoms with E-state index in [1.807, 2.05) is 0 Å². The highest BCUT2D eigenvalue weighted by atomic mass is 16.5. The molecule has 0 amide bonds. The molecule has 5 heteroatoms. The van der Waals surface area contributed by atoms with Crippen LogP contribution in [0.5, 0.6) is 5.75 Å². The first-order valence-electron chi connectivity index (χ1n) is 5.29. The molecule has 5 nitrogen and oxygen atoms in total. The number of carboxylic acids is 1. The average Bonchev–Trinajstić information content (AvgIpc) is 2.29. The molecule has 1 aromatic carbocycles. The Morgan fingerprint density at radius 3 is 2.59 bits per heavy atom. The van der Waals surface area contributed by atoms with Crippen LogP contribution in [-0.2, 0) is 11.2 Å². The molecule has 94 valence electrons. The van der Waals surface area contributed by atoms with Gasteiger partial charge in [0.25, 0.3) is 0 Å². The molecule has 0 saturated carbocycles. The maximum absolute atomic E-state index is 11.1. The van der Waals surface area contributed by atoms with E-state index in [-0.39, 0.29) is 6.54 Å². The fraction of sp³-hybridized carbons (Fsp3) is 0.417. The van der Waals surface area contributed by atoms with Crippen molar-refractivity contribution in [2.24, 2.45) is 11.1 Å². The molecule has 0 aromatic heterocycles. The van der Waals surface area contributed by atoms with Gasteiger partial charge < -0.3 is 21.3 Å². The summed E-state index contributed by atoms with van der Waals surface area (Å²) in [7, 11) is 1.53. The molecule has 1 rings (SSSR count). The number of methoxy groups -OCH3 is 1. The lowest BCUT2D eigenvalue weighted by atomic mass is 9.83. The number of carbonyl (C=O) groups is 1. The van der Waals surface area contributed by atoms with Crippen LogP contribution in [0.15, 0.2) is 18.2 Å². The lowest BCUT2D eigenvalue weighted by molar-refractivity contribution is -0.147. The lowest BCUT2D eigenvalue weighted by Crippen LogP contribution is -2.37. The highest BCUT2D eigenvalue weighted by molar-refractivity contribution is 5.75. The SMILES string of the molecule is COc1ccc(CC(C)(CN)C(=O)O)cc1N. The van der Waals surface area contributed by atoms with Crippen molar-refractivity contribution in [2.45, 2.75) is 13.3 Å². The number of nitrogens with two attached hydrogens (primary N) is 2. The van der Waals surface area contributed by atoms with E-state index in [0.717, 1.165) is 5.56 Å². The van der Waals surface area contributed by atoms with E-state index >= 15 is 0 Å². The number of ether oxygens (including phenoxy) is 1. The van der Waals surface area contributed by atoms with Crippen LogP contribution in [0.2, 0.25) is 0 Å². The van der Waals surface area contributed by atoms with Crippen LogP contribution in [0.1, 0.15) is 12.5 Å². The van der Waals surface area contributed by atoms with Crippen LogP contribution in [0.25, 0.3) is 0 Å². The summed E-state index contributed by atoms with van der Waals surface area (Å²) in [4.78, 5) is 11.1. The smallest absolute Gasteiger partial charge is 0.310 e. The van der Waals surface area contributed by atoms with Crippen molar-refractivity contribution in [3.63, 3.8) is 0 Å². The first-order chi connectivity index (χ1) is 7.92. The van der Waals surface area contributed by atoms with Crippen molar-refractivity contribution < 1.29 is 14.6 Å². The number of benzene rings is 1. The maximum atomic E-state index is 11.1. The normalized spacial score (nSPS) is 14.1. The number of carboxylic acid groups (broad SMARTS) is 1. The zero-order chi connectivity index (χ0) is 13.1. The summed E-state index contributed by atoms with van der Waals surface area (Å²) in [5, 5.41) is 9.13. The second kappa shape index (κ2) is 5.05. The molecule has 1 atom stereocenters. The number of hydrogen-bond acceptors (Lipinski definition) is 4. The summed E-state index contributed by atoms with van der Waals surface area (Å²) in [5.41, 5.74) is 11.6. The van der Waals surface area contributed by atoms with E-state index in [2.05, 4.69) is 0 Å². The lowest BCUT2D eigenvalue weighted by Gasteiger charge is -2.23. The monoisotopic (exact) mass is 238 g/mol. The molecule has 1 aromatic rings. The predicted molar refractivity (Wildman–Crippen MR) is 65.9 cm³/mol. The number of anilines is 1. The first kappa shape index (κ1) is 13.3. The molecule has 0 saturated heterocycles. The molecule has 0 fully saturated rings. The van der Waals surface area contributed by atoms with Crippen LogP contribution in [0, 0.1) is 5.41 Å². The number of nitrogen functional groups attached to an aromatic ring is 1. The quantitative estimate of drug-likeness (QED) is 0.661. The molecule has 0 radical (unpaired) electrons. The Balaban J connectivity index is 2.95. The van der Waals surface area contributed by atoms with Crippen LogP contribution >= 0.6 is 0 Å². The van der Waals surface area contributed by atoms with Crippen molar-refractivity contribution in [2.75, 3.05) is 19.4 Å². The standard InChI is InChI=1S/C12H18N2O3/c1-12(7-13,11(15)16)6-8-3-4-10(17-2)9(14)5-8/h3-5H,6-7,13-14H2,1-2H3,(H,15,16). The fourth-order valence-electron chi connectivity index (χ4n) is 1.58. The molecule has 5 N–H and O–H groups in total. The zero-order valence-electron chi connectivity index (χ0n) is 10.1. The minimum absolute atomic E-state index is 0.0776. The van der Waals surface area contributed by atoms with Gasteiger partial charge >= 0.3 is 5.97 Å². The topological polar surface area (TPSA) is 98.6 Å². The van der Waals surface area contributed by atoms with Crippen molar-refractivity contribution >= 4 is 11.7 Å². The largest absolute Gasteiger partial charge is 0.495 e. The van der Waals surface area contributed by atoms with E-state index in [4.69, 9.17) is 21.3 Å². The number of aliphatic carboxylic acids is 1. The van der Waals surface area contributed by atoms with E-state index in [1.54, 1.807) is 25.1 Å². The van der Waals surface area contributed by atoms with Crippen LogP contribution in [-0.4, -0.2) is 24.7 Å². The Hall–Kier alpha value is -1.75. The van der Waals surface area contributed by atoms with Gasteiger partial charge in [-0.25, -0.2) is 0 Å². The Morgan fingerprint density at radius 1 is 1.53 bits per heavy atom. The molecule has 0 aliphatic heterocycles. The highest BCUT2D eigenvalue weighted by Gasteiger charge is 2.31. The molecular formula is C12H18N2O3. The van der Waals surface area contributed by atoms with Gasteiger partial charge in [-0.15, -0.1) is 0 Å². The van der Waals surface area contributed by atoms with E-state index < -0.39 is 11.4 Å². The van der Waals surface area contributed by atoms with Crippen LogP contribution in [0.3, 0.4) is 0 Å². The van der Waals surface area contributed by atoms with Gasteiger partial charge in [0.2, 0.25) is 0 Å². The second-order valence-corrected chi connectivity index (χ2v) is 4.32. The van der Waals surface area contributed by atoms with Gasteiger partial charge in [-0.05, 0) is 31.0 Å². The maximum Gasteiger partial charge on any atom is 0.310 e. The third kappa shape index (κ3) is 2.88. The second-order valence-electron chi connectivity index (χ2n) is 4.32. The minimum atomic E-state index is -0.971. The Morgan fingerprint density at radius 2 is 2.18 bits per heavy atom. The molecule has 17 heavy (non-hydrogen) atoms.